The lowest BCUT2D eigenvalue weighted by Crippen LogP contribution is -2.29. The van der Waals surface area contributed by atoms with E-state index in [1.807, 2.05) is 0 Å². The molecule has 2 aliphatic rings. The monoisotopic (exact) mass is 782 g/mol. The molecule has 0 saturated heterocycles. The van der Waals surface area contributed by atoms with E-state index in [1.54, 1.807) is 0 Å². The first kappa shape index (κ1) is 36.0. The van der Waals surface area contributed by atoms with Gasteiger partial charge in [-0.3, -0.25) is 39.4 Å². The number of benzene rings is 6. The van der Waals surface area contributed by atoms with Crippen molar-refractivity contribution in [1.29, 1.82) is 0 Å². The summed E-state index contributed by atoms with van der Waals surface area (Å²) in [5.41, 5.74) is -0.193. The Morgan fingerprint density at radius 2 is 0.719 bits per heavy atom. The van der Waals surface area contributed by atoms with Crippen LogP contribution in [0.3, 0.4) is 0 Å². The lowest BCUT2D eigenvalue weighted by molar-refractivity contribution is -0.385. The largest absolute Gasteiger partial charge is 0.457 e. The summed E-state index contributed by atoms with van der Waals surface area (Å²) in [6.07, 6.45) is 0. The van der Waals surface area contributed by atoms with Gasteiger partial charge in [0, 0.05) is 24.3 Å². The number of anilines is 2. The van der Waals surface area contributed by atoms with Crippen LogP contribution in [0.2, 0.25) is 0 Å². The van der Waals surface area contributed by atoms with Crippen LogP contribution in [0.15, 0.2) is 143 Å². The molecule has 0 fully saturated rings. The molecule has 0 unspecified atom stereocenters. The number of imide groups is 2. The number of nitrogens with zero attached hydrogens (tertiary/aromatic N) is 4. The summed E-state index contributed by atoms with van der Waals surface area (Å²) in [4.78, 5) is 74.5. The van der Waals surface area contributed by atoms with Crippen LogP contribution >= 0.6 is 0 Å². The molecule has 8 rings (SSSR count). The molecule has 0 atom stereocenters. The van der Waals surface area contributed by atoms with Gasteiger partial charge in [-0.05, 0) is 109 Å². The Bertz CT molecular complexity index is 2640. The molecule has 2 aliphatic heterocycles. The number of sulfone groups is 1. The van der Waals surface area contributed by atoms with Gasteiger partial charge in [0.2, 0.25) is 9.84 Å². The third-order valence-corrected chi connectivity index (χ3v) is 10.9. The fourth-order valence-electron chi connectivity index (χ4n) is 6.26. The maximum Gasteiger partial charge on any atom is 0.270 e. The molecule has 0 bridgehead atoms. The minimum atomic E-state index is -3.95. The van der Waals surface area contributed by atoms with Gasteiger partial charge in [-0.2, -0.15) is 0 Å². The van der Waals surface area contributed by atoms with Gasteiger partial charge in [0.25, 0.3) is 35.0 Å². The highest BCUT2D eigenvalue weighted by Gasteiger charge is 2.39. The number of hydrogen-bond donors (Lipinski definition) is 0. The maximum atomic E-state index is 13.4. The molecule has 2 heterocycles. The number of amides is 4. The zero-order valence-electron chi connectivity index (χ0n) is 28.8. The molecule has 0 aromatic heterocycles. The van der Waals surface area contributed by atoms with Crippen molar-refractivity contribution in [3.8, 4) is 23.0 Å². The molecule has 0 saturated carbocycles. The van der Waals surface area contributed by atoms with Crippen LogP contribution in [0.25, 0.3) is 0 Å². The molecule has 17 heteroatoms. The zero-order valence-corrected chi connectivity index (χ0v) is 29.6. The van der Waals surface area contributed by atoms with Crippen molar-refractivity contribution < 1.29 is 46.9 Å². The van der Waals surface area contributed by atoms with Gasteiger partial charge in [0.05, 0.1) is 53.3 Å². The minimum Gasteiger partial charge on any atom is -0.457 e. The average molecular weight is 783 g/mol. The van der Waals surface area contributed by atoms with Crippen LogP contribution in [0, 0.1) is 20.2 Å². The predicted molar refractivity (Wildman–Crippen MR) is 200 cm³/mol. The fraction of sp³-hybridized carbons (Fsp3) is 0. The lowest BCUT2D eigenvalue weighted by atomic mass is 10.1. The third kappa shape index (κ3) is 6.38. The minimum absolute atomic E-state index is 0.0110. The van der Waals surface area contributed by atoms with Crippen molar-refractivity contribution in [2.24, 2.45) is 0 Å². The zero-order chi connectivity index (χ0) is 40.2. The van der Waals surface area contributed by atoms with E-state index < -0.39 is 43.3 Å². The highest BCUT2D eigenvalue weighted by molar-refractivity contribution is 7.91. The molecule has 0 aliphatic carbocycles. The number of nitro benzene ring substituents is 2. The van der Waals surface area contributed by atoms with Crippen LogP contribution < -0.4 is 19.3 Å². The summed E-state index contributed by atoms with van der Waals surface area (Å²) in [5, 5.41) is 22.3. The van der Waals surface area contributed by atoms with E-state index in [-0.39, 0.29) is 54.8 Å². The summed E-state index contributed by atoms with van der Waals surface area (Å²) in [7, 11) is -3.95. The van der Waals surface area contributed by atoms with Crippen molar-refractivity contribution in [2.75, 3.05) is 9.80 Å². The molecule has 6 aromatic carbocycles. The SMILES string of the molecule is O=C1c2ccc([N+](=O)[O-])cc2C(=O)N1c1ccc(Oc2ccc(S(=O)(=O)c3ccc(Oc4ccc(N5C(=O)c6ccc([N+](=O)[O-])cc6C5=O)cc4)cc3)cc2)cc1. The van der Waals surface area contributed by atoms with E-state index in [9.17, 15) is 47.8 Å². The Morgan fingerprint density at radius 1 is 0.421 bits per heavy atom. The highest BCUT2D eigenvalue weighted by Crippen LogP contribution is 2.35. The standard InChI is InChI=1S/C40H22N4O12S/c45-37-33-19-5-25(43(49)50)21-35(33)39(47)41(37)23-1-7-27(8-2-23)55-29-11-15-31(16-12-29)57(53,54)32-17-13-30(14-18-32)56-28-9-3-24(4-10-28)42-38(46)34-20-6-26(44(51)52)22-36(34)40(42)48/h1-22H. The Kier molecular flexibility index (Phi) is 8.62. The quantitative estimate of drug-likeness (QED) is 0.0749. The topological polar surface area (TPSA) is 214 Å². The van der Waals surface area contributed by atoms with Crippen LogP contribution in [0.4, 0.5) is 22.7 Å². The van der Waals surface area contributed by atoms with E-state index in [1.165, 1.54) is 109 Å². The van der Waals surface area contributed by atoms with Crippen LogP contribution in [0.1, 0.15) is 41.4 Å². The molecule has 0 N–H and O–H groups in total. The number of nitro groups is 2. The normalized spacial score (nSPS) is 13.4. The molecular formula is C40H22N4O12S. The third-order valence-electron chi connectivity index (χ3n) is 9.09. The lowest BCUT2D eigenvalue weighted by Gasteiger charge is -2.15. The Morgan fingerprint density at radius 3 is 1.04 bits per heavy atom. The second kappa shape index (κ2) is 13.7. The number of hydrogen-bond acceptors (Lipinski definition) is 12. The fourth-order valence-corrected chi connectivity index (χ4v) is 7.52. The molecule has 6 aromatic rings. The number of ether oxygens (including phenoxy) is 2. The van der Waals surface area contributed by atoms with Crippen molar-refractivity contribution in [3.63, 3.8) is 0 Å². The van der Waals surface area contributed by atoms with Crippen molar-refractivity contribution >= 4 is 56.2 Å². The van der Waals surface area contributed by atoms with Crippen molar-refractivity contribution in [2.45, 2.75) is 9.79 Å². The molecule has 0 radical (unpaired) electrons. The van der Waals surface area contributed by atoms with Gasteiger partial charge < -0.3 is 9.47 Å². The molecule has 57 heavy (non-hydrogen) atoms. The molecule has 280 valence electrons. The summed E-state index contributed by atoms with van der Waals surface area (Å²) < 4.78 is 38.5. The first-order valence-electron chi connectivity index (χ1n) is 16.7. The van der Waals surface area contributed by atoms with Gasteiger partial charge >= 0.3 is 0 Å². The molecule has 4 amide bonds. The summed E-state index contributed by atoms with van der Waals surface area (Å²) in [5.74, 6) is -1.37. The highest BCUT2D eigenvalue weighted by atomic mass is 32.2. The first-order valence-corrected chi connectivity index (χ1v) is 18.1. The van der Waals surface area contributed by atoms with E-state index in [2.05, 4.69) is 0 Å². The maximum absolute atomic E-state index is 13.4. The van der Waals surface area contributed by atoms with Gasteiger partial charge in [-0.25, -0.2) is 18.2 Å². The number of rotatable bonds is 10. The first-order chi connectivity index (χ1) is 27.3. The van der Waals surface area contributed by atoms with Gasteiger partial charge in [-0.15, -0.1) is 0 Å². The molecule has 16 nitrogen and oxygen atoms in total. The average Bonchev–Trinajstić information content (AvgIpc) is 3.61. The van der Waals surface area contributed by atoms with Crippen LogP contribution in [-0.4, -0.2) is 41.9 Å². The van der Waals surface area contributed by atoms with Crippen molar-refractivity contribution in [1.82, 2.24) is 0 Å². The molecule has 0 spiro atoms. The van der Waals surface area contributed by atoms with Crippen LogP contribution in [0.5, 0.6) is 23.0 Å². The van der Waals surface area contributed by atoms with Crippen LogP contribution in [-0.2, 0) is 9.84 Å². The summed E-state index contributed by atoms with van der Waals surface area (Å²) >= 11 is 0. The Labute approximate surface area is 320 Å². The second-order valence-corrected chi connectivity index (χ2v) is 14.5. The van der Waals surface area contributed by atoms with Gasteiger partial charge in [0.1, 0.15) is 23.0 Å². The number of carbonyl (C=O) groups excluding carboxylic acids is 4. The Balaban J connectivity index is 0.894. The van der Waals surface area contributed by atoms with E-state index in [0.717, 1.165) is 34.1 Å². The number of carbonyl (C=O) groups is 4. The smallest absolute Gasteiger partial charge is 0.270 e. The number of non-ortho nitro benzene ring substituents is 2. The predicted octanol–water partition coefficient (Wildman–Crippen LogP) is 7.52. The summed E-state index contributed by atoms with van der Waals surface area (Å²) in [6, 6.07) is 30.2. The van der Waals surface area contributed by atoms with Crippen molar-refractivity contribution in [3.05, 3.63) is 176 Å². The number of fused-ring (bicyclic) bond motifs is 2. The Hall–Kier alpha value is -8.05. The van der Waals surface area contributed by atoms with Gasteiger partial charge in [-0.1, -0.05) is 0 Å². The van der Waals surface area contributed by atoms with E-state index in [4.69, 9.17) is 9.47 Å². The van der Waals surface area contributed by atoms with Gasteiger partial charge in [0.15, 0.2) is 0 Å². The molecular weight excluding hydrogens is 761 g/mol. The van der Waals surface area contributed by atoms with E-state index in [0.29, 0.717) is 23.0 Å². The second-order valence-electron chi connectivity index (χ2n) is 12.5. The summed E-state index contributed by atoms with van der Waals surface area (Å²) in [6.45, 7) is 0. The van der Waals surface area contributed by atoms with E-state index >= 15 is 0 Å².